The van der Waals surface area contributed by atoms with E-state index in [-0.39, 0.29) is 35.7 Å². The molecule has 0 aliphatic carbocycles. The molecule has 0 spiro atoms. The van der Waals surface area contributed by atoms with Crippen molar-refractivity contribution in [1.82, 2.24) is 9.21 Å². The summed E-state index contributed by atoms with van der Waals surface area (Å²) < 4.78 is 33.9. The molecule has 3 rings (SSSR count). The van der Waals surface area contributed by atoms with Gasteiger partial charge in [-0.25, -0.2) is 8.42 Å². The van der Waals surface area contributed by atoms with E-state index < -0.39 is 10.0 Å². The lowest BCUT2D eigenvalue weighted by Gasteiger charge is -2.32. The molecule has 2 aromatic carbocycles. The first-order chi connectivity index (χ1) is 15.7. The molecule has 0 saturated carbocycles. The minimum Gasteiger partial charge on any atom is -0.494 e. The van der Waals surface area contributed by atoms with Crippen LogP contribution in [0.3, 0.4) is 0 Å². The Morgan fingerprint density at radius 1 is 1.12 bits per heavy atom. The van der Waals surface area contributed by atoms with Crippen LogP contribution < -0.4 is 10.5 Å². The lowest BCUT2D eigenvalue weighted by atomic mass is 9.96. The maximum absolute atomic E-state index is 13.6. The lowest BCUT2D eigenvalue weighted by molar-refractivity contribution is -0.135. The van der Waals surface area contributed by atoms with E-state index in [1.165, 1.54) is 10.4 Å². The Kier molecular flexibility index (Phi) is 8.10. The van der Waals surface area contributed by atoms with E-state index in [2.05, 4.69) is 0 Å². The molecule has 0 bridgehead atoms. The highest BCUT2D eigenvalue weighted by Gasteiger charge is 2.31. The van der Waals surface area contributed by atoms with Crippen LogP contribution in [0.1, 0.15) is 30.9 Å². The van der Waals surface area contributed by atoms with Gasteiger partial charge in [-0.3, -0.25) is 9.59 Å². The zero-order chi connectivity index (χ0) is 24.0. The van der Waals surface area contributed by atoms with Crippen LogP contribution in [0.15, 0.2) is 53.4 Å². The molecule has 2 N–H and O–H groups in total. The molecule has 0 unspecified atom stereocenters. The van der Waals surface area contributed by atoms with E-state index in [9.17, 15) is 18.0 Å². The van der Waals surface area contributed by atoms with E-state index in [4.69, 9.17) is 10.5 Å². The highest BCUT2D eigenvalue weighted by atomic mass is 32.2. The van der Waals surface area contributed by atoms with Crippen LogP contribution in [-0.2, 0) is 26.2 Å². The second-order valence-electron chi connectivity index (χ2n) is 8.18. The summed E-state index contributed by atoms with van der Waals surface area (Å²) >= 11 is 0. The predicted octanol–water partition coefficient (Wildman–Crippen LogP) is 2.31. The first-order valence-electron chi connectivity index (χ1n) is 11.1. The largest absolute Gasteiger partial charge is 0.494 e. The maximum Gasteiger partial charge on any atom is 0.243 e. The molecule has 178 valence electrons. The number of hydrogen-bond donors (Lipinski definition) is 1. The Labute approximate surface area is 195 Å². The van der Waals surface area contributed by atoms with Gasteiger partial charge in [0.1, 0.15) is 5.75 Å². The summed E-state index contributed by atoms with van der Waals surface area (Å²) in [7, 11) is -3.96. The summed E-state index contributed by atoms with van der Waals surface area (Å²) in [5.74, 6) is -0.272. The molecule has 9 heteroatoms. The van der Waals surface area contributed by atoms with E-state index in [0.717, 1.165) is 5.56 Å². The summed E-state index contributed by atoms with van der Waals surface area (Å²) in [6.07, 6.45) is 0.981. The zero-order valence-corrected chi connectivity index (χ0v) is 19.9. The molecule has 1 saturated heterocycles. The highest BCUT2D eigenvalue weighted by Crippen LogP contribution is 2.26. The fourth-order valence-corrected chi connectivity index (χ4v) is 5.39. The molecule has 2 aromatic rings. The molecule has 1 fully saturated rings. The van der Waals surface area contributed by atoms with Crippen molar-refractivity contribution in [3.63, 3.8) is 0 Å². The number of primary amides is 1. The fraction of sp³-hybridized carbons (Fsp3) is 0.417. The summed E-state index contributed by atoms with van der Waals surface area (Å²) in [5, 5.41) is 0. The number of amides is 2. The third-order valence-corrected chi connectivity index (χ3v) is 7.64. The Morgan fingerprint density at radius 3 is 2.36 bits per heavy atom. The molecular weight excluding hydrogens is 442 g/mol. The molecule has 1 aliphatic rings. The average Bonchev–Trinajstić information content (AvgIpc) is 2.80. The van der Waals surface area contributed by atoms with Crippen molar-refractivity contribution < 1.29 is 22.7 Å². The Balaban J connectivity index is 1.84. The number of rotatable bonds is 9. The molecule has 8 nitrogen and oxygen atoms in total. The van der Waals surface area contributed by atoms with Gasteiger partial charge in [-0.05, 0) is 56.0 Å². The predicted molar refractivity (Wildman–Crippen MR) is 125 cm³/mol. The summed E-state index contributed by atoms with van der Waals surface area (Å²) in [5.41, 5.74) is 6.87. The second-order valence-corrected chi connectivity index (χ2v) is 10.1. The minimum absolute atomic E-state index is 0.0684. The van der Waals surface area contributed by atoms with Crippen molar-refractivity contribution in [2.45, 2.75) is 38.1 Å². The molecule has 33 heavy (non-hydrogen) atoms. The number of hydrogen-bond acceptors (Lipinski definition) is 5. The van der Waals surface area contributed by atoms with Crippen LogP contribution in [0.4, 0.5) is 0 Å². The molecule has 0 atom stereocenters. The Morgan fingerprint density at radius 2 is 1.79 bits per heavy atom. The standard InChI is InChI=1S/C24H31N3O5S/c1-3-32-22-10-9-21(15-18(22)2)33(30,31)27(16-19-7-5-4-6-8-19)17-23(28)26-13-11-20(12-14-26)24(25)29/h4-10,15,20H,3,11-14,16-17H2,1-2H3,(H2,25,29). The molecule has 0 aromatic heterocycles. The summed E-state index contributed by atoms with van der Waals surface area (Å²) in [6, 6.07) is 13.9. The van der Waals surface area contributed by atoms with Crippen LogP contribution in [0.5, 0.6) is 5.75 Å². The first kappa shape index (κ1) is 24.7. The lowest BCUT2D eigenvalue weighted by Crippen LogP contribution is -2.46. The molecular formula is C24H31N3O5S. The van der Waals surface area contributed by atoms with E-state index in [1.54, 1.807) is 24.0 Å². The number of ether oxygens (including phenoxy) is 1. The van der Waals surface area contributed by atoms with Gasteiger partial charge in [0.25, 0.3) is 0 Å². The van der Waals surface area contributed by atoms with Crippen LogP contribution in [0.2, 0.25) is 0 Å². The monoisotopic (exact) mass is 473 g/mol. The number of nitrogens with zero attached hydrogens (tertiary/aromatic N) is 2. The number of nitrogens with two attached hydrogens (primary N) is 1. The molecule has 0 radical (unpaired) electrons. The van der Waals surface area contributed by atoms with Gasteiger partial charge in [0.05, 0.1) is 18.0 Å². The third kappa shape index (κ3) is 6.11. The summed E-state index contributed by atoms with van der Waals surface area (Å²) in [4.78, 5) is 26.2. The first-order valence-corrected chi connectivity index (χ1v) is 12.5. The van der Waals surface area contributed by atoms with Crippen molar-refractivity contribution in [3.05, 3.63) is 59.7 Å². The van der Waals surface area contributed by atoms with Gasteiger partial charge >= 0.3 is 0 Å². The van der Waals surface area contributed by atoms with E-state index in [0.29, 0.717) is 43.9 Å². The minimum atomic E-state index is -3.96. The van der Waals surface area contributed by atoms with Crippen molar-refractivity contribution in [1.29, 1.82) is 0 Å². The smallest absolute Gasteiger partial charge is 0.243 e. The van der Waals surface area contributed by atoms with Gasteiger partial charge < -0.3 is 15.4 Å². The van der Waals surface area contributed by atoms with Crippen molar-refractivity contribution >= 4 is 21.8 Å². The quantitative estimate of drug-likeness (QED) is 0.601. The van der Waals surface area contributed by atoms with Gasteiger partial charge in [-0.1, -0.05) is 30.3 Å². The maximum atomic E-state index is 13.6. The molecule has 2 amide bonds. The van der Waals surface area contributed by atoms with Gasteiger partial charge in [0.2, 0.25) is 21.8 Å². The van der Waals surface area contributed by atoms with E-state index in [1.807, 2.05) is 37.3 Å². The average molecular weight is 474 g/mol. The number of piperidine rings is 1. The third-order valence-electron chi connectivity index (χ3n) is 5.85. The van der Waals surface area contributed by atoms with E-state index >= 15 is 0 Å². The number of carbonyl (C=O) groups excluding carboxylic acids is 2. The number of likely N-dealkylation sites (tertiary alicyclic amines) is 1. The van der Waals surface area contributed by atoms with Crippen molar-refractivity contribution in [2.24, 2.45) is 11.7 Å². The Hall–Kier alpha value is -2.91. The summed E-state index contributed by atoms with van der Waals surface area (Å²) in [6.45, 7) is 4.68. The van der Waals surface area contributed by atoms with Crippen molar-refractivity contribution in [3.8, 4) is 5.75 Å². The fourth-order valence-electron chi connectivity index (χ4n) is 3.93. The number of benzene rings is 2. The number of sulfonamides is 1. The van der Waals surface area contributed by atoms with Gasteiger partial charge in [-0.2, -0.15) is 4.31 Å². The molecule has 1 heterocycles. The van der Waals surface area contributed by atoms with Gasteiger partial charge in [0.15, 0.2) is 0 Å². The second kappa shape index (κ2) is 10.8. The van der Waals surface area contributed by atoms with Crippen LogP contribution >= 0.6 is 0 Å². The topological polar surface area (TPSA) is 110 Å². The van der Waals surface area contributed by atoms with Gasteiger partial charge in [0, 0.05) is 25.6 Å². The zero-order valence-electron chi connectivity index (χ0n) is 19.1. The number of carbonyl (C=O) groups is 2. The molecule has 1 aliphatic heterocycles. The van der Waals surface area contributed by atoms with Crippen LogP contribution in [-0.4, -0.2) is 55.7 Å². The van der Waals surface area contributed by atoms with Gasteiger partial charge in [-0.15, -0.1) is 0 Å². The van der Waals surface area contributed by atoms with Crippen LogP contribution in [0, 0.1) is 12.8 Å². The van der Waals surface area contributed by atoms with Crippen LogP contribution in [0.25, 0.3) is 0 Å². The normalized spacial score (nSPS) is 14.9. The highest BCUT2D eigenvalue weighted by molar-refractivity contribution is 7.89. The SMILES string of the molecule is CCOc1ccc(S(=O)(=O)N(CC(=O)N2CCC(C(N)=O)CC2)Cc2ccccc2)cc1C. The van der Waals surface area contributed by atoms with Crippen molar-refractivity contribution in [2.75, 3.05) is 26.2 Å². The Bertz CT molecular complexity index is 1080. The number of aryl methyl sites for hydroxylation is 1.